The zero-order valence-corrected chi connectivity index (χ0v) is 16.6. The minimum Gasteiger partial charge on any atom is -0.258 e. The van der Waals surface area contributed by atoms with Gasteiger partial charge < -0.3 is 0 Å². The maximum absolute atomic E-state index is 11.5. The Morgan fingerprint density at radius 3 is 2.62 bits per heavy atom. The van der Waals surface area contributed by atoms with Crippen molar-refractivity contribution in [1.82, 2.24) is 15.2 Å². The summed E-state index contributed by atoms with van der Waals surface area (Å²) in [6.45, 7) is 0. The van der Waals surface area contributed by atoms with Crippen LogP contribution in [0.25, 0.3) is 17.5 Å². The summed E-state index contributed by atoms with van der Waals surface area (Å²) in [5.74, 6) is 0.393. The van der Waals surface area contributed by atoms with Gasteiger partial charge in [-0.15, -0.1) is 5.10 Å². The molecule has 0 aliphatic rings. The Morgan fingerprint density at radius 2 is 1.97 bits per heavy atom. The van der Waals surface area contributed by atoms with Crippen LogP contribution in [0.5, 0.6) is 0 Å². The standard InChI is InChI=1S/C18H8Cl2N6O2S/c19-12-2-3-13(14(20)7-12)17-23-18(25-24-17)29-16-4-1-10(5-11(8-21)9-22)6-15(16)26(27)28/h1-7H,(H,23,24,25). The smallest absolute Gasteiger partial charge is 0.258 e. The van der Waals surface area contributed by atoms with Gasteiger partial charge in [0, 0.05) is 16.7 Å². The number of H-pyrrole nitrogens is 1. The van der Waals surface area contributed by atoms with Gasteiger partial charge in [-0.25, -0.2) is 4.98 Å². The van der Waals surface area contributed by atoms with Crippen LogP contribution in [-0.4, -0.2) is 20.1 Å². The van der Waals surface area contributed by atoms with Gasteiger partial charge in [0.2, 0.25) is 5.16 Å². The van der Waals surface area contributed by atoms with Gasteiger partial charge in [0.1, 0.15) is 17.7 Å². The second kappa shape index (κ2) is 8.76. The number of nitrogens with one attached hydrogen (secondary N) is 1. The second-order valence-corrected chi connectivity index (χ2v) is 7.31. The summed E-state index contributed by atoms with van der Waals surface area (Å²) in [5.41, 5.74) is 0.599. The molecule has 2 aromatic carbocycles. The molecule has 0 radical (unpaired) electrons. The van der Waals surface area contributed by atoms with Crippen molar-refractivity contribution >= 4 is 46.7 Å². The normalized spacial score (nSPS) is 10.1. The van der Waals surface area contributed by atoms with E-state index in [0.29, 0.717) is 31.9 Å². The molecule has 0 saturated heterocycles. The monoisotopic (exact) mass is 442 g/mol. The molecule has 0 aliphatic heterocycles. The third kappa shape index (κ3) is 4.73. The van der Waals surface area contributed by atoms with Gasteiger partial charge in [-0.2, -0.15) is 10.5 Å². The van der Waals surface area contributed by atoms with Crippen LogP contribution in [0, 0.1) is 32.8 Å². The molecule has 3 rings (SSSR count). The summed E-state index contributed by atoms with van der Waals surface area (Å²) < 4.78 is 0. The molecule has 142 valence electrons. The van der Waals surface area contributed by atoms with E-state index < -0.39 is 4.92 Å². The molecule has 0 amide bonds. The lowest BCUT2D eigenvalue weighted by molar-refractivity contribution is -0.387. The molecule has 0 spiro atoms. The van der Waals surface area contributed by atoms with Crippen molar-refractivity contribution in [3.05, 3.63) is 67.7 Å². The fourth-order valence-electron chi connectivity index (χ4n) is 2.30. The Balaban J connectivity index is 1.92. The average molecular weight is 443 g/mol. The van der Waals surface area contributed by atoms with Crippen molar-refractivity contribution in [2.75, 3.05) is 0 Å². The largest absolute Gasteiger partial charge is 0.283 e. The van der Waals surface area contributed by atoms with Gasteiger partial charge >= 0.3 is 0 Å². The van der Waals surface area contributed by atoms with E-state index in [1.165, 1.54) is 18.2 Å². The van der Waals surface area contributed by atoms with Crippen molar-refractivity contribution in [3.8, 4) is 23.5 Å². The molecule has 3 aromatic rings. The molecule has 0 atom stereocenters. The fourth-order valence-corrected chi connectivity index (χ4v) is 3.60. The molecule has 1 N–H and O–H groups in total. The summed E-state index contributed by atoms with van der Waals surface area (Å²) >= 11 is 13.0. The van der Waals surface area contributed by atoms with E-state index in [2.05, 4.69) is 15.2 Å². The second-order valence-electron chi connectivity index (χ2n) is 5.46. The Bertz CT molecular complexity index is 1210. The highest BCUT2D eigenvalue weighted by Crippen LogP contribution is 2.35. The molecule has 1 aromatic heterocycles. The first-order valence-corrected chi connectivity index (χ1v) is 9.34. The summed E-state index contributed by atoms with van der Waals surface area (Å²) in [7, 11) is 0. The lowest BCUT2D eigenvalue weighted by Crippen LogP contribution is -1.92. The summed E-state index contributed by atoms with van der Waals surface area (Å²) in [6, 6.07) is 12.7. The molecular formula is C18H8Cl2N6O2S. The maximum atomic E-state index is 11.5. The first kappa shape index (κ1) is 20.4. The van der Waals surface area contributed by atoms with Gasteiger partial charge in [-0.05, 0) is 47.7 Å². The van der Waals surface area contributed by atoms with Crippen LogP contribution >= 0.6 is 35.0 Å². The summed E-state index contributed by atoms with van der Waals surface area (Å²) in [5, 5.41) is 37.0. The molecule has 11 heteroatoms. The lowest BCUT2D eigenvalue weighted by atomic mass is 10.1. The zero-order valence-electron chi connectivity index (χ0n) is 14.3. The molecule has 0 saturated carbocycles. The molecule has 29 heavy (non-hydrogen) atoms. The highest BCUT2D eigenvalue weighted by atomic mass is 35.5. The number of halogens is 2. The Labute approximate surface area is 178 Å². The van der Waals surface area contributed by atoms with Crippen LogP contribution in [-0.2, 0) is 0 Å². The summed E-state index contributed by atoms with van der Waals surface area (Å²) in [4.78, 5) is 15.5. The molecular weight excluding hydrogens is 435 g/mol. The van der Waals surface area contributed by atoms with Crippen LogP contribution in [0.2, 0.25) is 10.0 Å². The average Bonchev–Trinajstić information content (AvgIpc) is 3.15. The fraction of sp³-hybridized carbons (Fsp3) is 0. The van der Waals surface area contributed by atoms with Crippen LogP contribution in [0.4, 0.5) is 5.69 Å². The maximum Gasteiger partial charge on any atom is 0.283 e. The number of hydrogen-bond donors (Lipinski definition) is 1. The zero-order chi connectivity index (χ0) is 21.0. The summed E-state index contributed by atoms with van der Waals surface area (Å²) in [6.07, 6.45) is 1.27. The van der Waals surface area contributed by atoms with Crippen molar-refractivity contribution in [3.63, 3.8) is 0 Å². The Kier molecular flexibility index (Phi) is 6.15. The van der Waals surface area contributed by atoms with Gasteiger partial charge in [-0.1, -0.05) is 29.3 Å². The van der Waals surface area contributed by atoms with Gasteiger partial charge in [0.05, 0.1) is 14.8 Å². The number of aromatic amines is 1. The van der Waals surface area contributed by atoms with Gasteiger partial charge in [0.15, 0.2) is 5.82 Å². The van der Waals surface area contributed by atoms with E-state index in [9.17, 15) is 10.1 Å². The number of allylic oxidation sites excluding steroid dienone is 1. The van der Waals surface area contributed by atoms with Crippen LogP contribution in [0.1, 0.15) is 5.56 Å². The van der Waals surface area contributed by atoms with Crippen LogP contribution in [0.15, 0.2) is 52.0 Å². The number of nitrogens with zero attached hydrogens (tertiary/aromatic N) is 5. The number of aromatic nitrogens is 3. The van der Waals surface area contributed by atoms with Crippen molar-refractivity contribution in [2.24, 2.45) is 0 Å². The van der Waals surface area contributed by atoms with E-state index in [1.807, 2.05) is 0 Å². The molecule has 0 unspecified atom stereocenters. The van der Waals surface area contributed by atoms with Crippen molar-refractivity contribution < 1.29 is 4.92 Å². The topological polar surface area (TPSA) is 132 Å². The molecule has 1 heterocycles. The number of nitro benzene ring substituents is 1. The highest BCUT2D eigenvalue weighted by Gasteiger charge is 2.18. The van der Waals surface area contributed by atoms with E-state index in [1.54, 1.807) is 36.4 Å². The van der Waals surface area contributed by atoms with E-state index in [-0.39, 0.29) is 16.4 Å². The van der Waals surface area contributed by atoms with Crippen molar-refractivity contribution in [1.29, 1.82) is 10.5 Å². The minimum absolute atomic E-state index is 0.154. The van der Waals surface area contributed by atoms with Gasteiger partial charge in [0.25, 0.3) is 5.69 Å². The van der Waals surface area contributed by atoms with E-state index >= 15 is 0 Å². The predicted octanol–water partition coefficient (Wildman–Crippen LogP) is 5.27. The lowest BCUT2D eigenvalue weighted by Gasteiger charge is -2.02. The first-order valence-electron chi connectivity index (χ1n) is 7.77. The number of hydrogen-bond acceptors (Lipinski definition) is 7. The molecule has 0 fully saturated rings. The van der Waals surface area contributed by atoms with Crippen LogP contribution < -0.4 is 0 Å². The third-order valence-corrected chi connectivity index (χ3v) is 5.06. The quantitative estimate of drug-likeness (QED) is 0.323. The van der Waals surface area contributed by atoms with Crippen LogP contribution in [0.3, 0.4) is 0 Å². The first-order chi connectivity index (χ1) is 13.9. The number of nitro groups is 1. The van der Waals surface area contributed by atoms with Gasteiger partial charge in [-0.3, -0.25) is 15.2 Å². The Morgan fingerprint density at radius 1 is 1.21 bits per heavy atom. The highest BCUT2D eigenvalue weighted by molar-refractivity contribution is 7.99. The molecule has 0 aliphatic carbocycles. The number of benzene rings is 2. The SMILES string of the molecule is N#CC(C#N)=Cc1ccc(Sc2n[nH]c(-c3ccc(Cl)cc3Cl)n2)c([N+](=O)[O-])c1. The predicted molar refractivity (Wildman–Crippen MR) is 108 cm³/mol. The molecule has 8 nitrogen and oxygen atoms in total. The van der Waals surface area contributed by atoms with E-state index in [0.717, 1.165) is 11.8 Å². The molecule has 0 bridgehead atoms. The Hall–Kier alpha value is -3.37. The number of rotatable bonds is 5. The van der Waals surface area contributed by atoms with Crippen molar-refractivity contribution in [2.45, 2.75) is 10.1 Å². The number of nitriles is 2. The third-order valence-electron chi connectivity index (χ3n) is 3.58. The van der Waals surface area contributed by atoms with E-state index in [4.69, 9.17) is 33.7 Å². The minimum atomic E-state index is -0.554.